The topological polar surface area (TPSA) is 47.4 Å². The van der Waals surface area contributed by atoms with E-state index in [2.05, 4.69) is 37.6 Å². The number of hydrogen-bond donors (Lipinski definition) is 0. The molecule has 0 N–H and O–H groups in total. The van der Waals surface area contributed by atoms with Crippen LogP contribution in [0.2, 0.25) is 0 Å². The zero-order chi connectivity index (χ0) is 26.9. The fourth-order valence-electron chi connectivity index (χ4n) is 5.69. The lowest BCUT2D eigenvalue weighted by molar-refractivity contribution is -0.0507. The van der Waals surface area contributed by atoms with Crippen molar-refractivity contribution in [2.24, 2.45) is 0 Å². The van der Waals surface area contributed by atoms with Crippen LogP contribution in [0.25, 0.3) is 22.2 Å². The van der Waals surface area contributed by atoms with Crippen LogP contribution in [-0.2, 0) is 0 Å². The molecule has 0 aliphatic carbocycles. The Morgan fingerprint density at radius 1 is 1.03 bits per heavy atom. The number of benzene rings is 3. The summed E-state index contributed by atoms with van der Waals surface area (Å²) in [4.78, 5) is 19.7. The molecule has 184 valence electrons. The van der Waals surface area contributed by atoms with Gasteiger partial charge in [-0.05, 0) is 54.0 Å². The van der Waals surface area contributed by atoms with Gasteiger partial charge >= 0.3 is 6.61 Å². The van der Waals surface area contributed by atoms with Gasteiger partial charge in [0.1, 0.15) is 11.6 Å². The summed E-state index contributed by atoms with van der Waals surface area (Å²) in [5.41, 5.74) is 4.02. The maximum absolute atomic E-state index is 13.7. The molecule has 2 bridgehead atoms. The molecule has 2 aliphatic heterocycles. The van der Waals surface area contributed by atoms with Crippen molar-refractivity contribution in [2.45, 2.75) is 30.4 Å². The van der Waals surface area contributed by atoms with Crippen LogP contribution >= 0.6 is 7.92 Å². The Labute approximate surface area is 224 Å². The Kier molecular flexibility index (Phi) is 5.95. The Morgan fingerprint density at radius 2 is 1.74 bits per heavy atom. The van der Waals surface area contributed by atoms with E-state index in [1.807, 2.05) is 22.8 Å². The summed E-state index contributed by atoms with van der Waals surface area (Å²) in [6, 6.07) is 17.7. The van der Waals surface area contributed by atoms with Gasteiger partial charge in [0.05, 0.1) is 46.7 Å². The van der Waals surface area contributed by atoms with Crippen LogP contribution in [0.1, 0.15) is 40.3 Å². The summed E-state index contributed by atoms with van der Waals surface area (Å²) in [5.74, 6) is -0.104. The molecule has 2 atom stereocenters. The highest BCUT2D eigenvalue weighted by atomic mass is 31.1. The second kappa shape index (κ2) is 8.98. The van der Waals surface area contributed by atoms with Crippen molar-refractivity contribution in [1.82, 2.24) is 14.5 Å². The van der Waals surface area contributed by atoms with Crippen LogP contribution in [0, 0.1) is 0 Å². The molecule has 5 nitrogen and oxygen atoms in total. The molecule has 11 heteroatoms. The first-order valence-electron chi connectivity index (χ1n) is 12.1. The Hall–Kier alpha value is -3.12. The number of rotatable bonds is 5. The van der Waals surface area contributed by atoms with Gasteiger partial charge in [-0.25, -0.2) is 4.98 Å². The summed E-state index contributed by atoms with van der Waals surface area (Å²) < 4.78 is 33.7. The van der Waals surface area contributed by atoms with E-state index >= 15 is 0 Å². The standard InChI is InChI=1S/C27H21B3F2N3O2P/c1-38(2)16-9-6-14(7-10-16)15-8-11-18-19(12-15)34-20-13-21(24(34)33-18)35(27(28,29)30)25(36)17-4-3-5-22(23(17)20)37-26(31)32/h3-12,20-21,26H,13H2,1-2H3. The van der Waals surface area contributed by atoms with Gasteiger partial charge in [0.15, 0.2) is 0 Å². The Morgan fingerprint density at radius 3 is 2.39 bits per heavy atom. The molecule has 2 unspecified atom stereocenters. The van der Waals surface area contributed by atoms with E-state index in [1.165, 1.54) is 22.3 Å². The number of fused-ring (bicyclic) bond motifs is 9. The molecule has 0 fully saturated rings. The first-order valence-corrected chi connectivity index (χ1v) is 14.4. The minimum Gasteiger partial charge on any atom is -0.434 e. The maximum Gasteiger partial charge on any atom is 0.387 e. The lowest BCUT2D eigenvalue weighted by Gasteiger charge is -2.41. The maximum atomic E-state index is 13.7. The third-order valence-corrected chi connectivity index (χ3v) is 8.61. The molecule has 6 radical (unpaired) electrons. The van der Waals surface area contributed by atoms with E-state index < -0.39 is 29.8 Å². The third kappa shape index (κ3) is 3.96. The largest absolute Gasteiger partial charge is 0.434 e. The number of halogens is 2. The summed E-state index contributed by atoms with van der Waals surface area (Å²) >= 11 is 0. The molecule has 3 heterocycles. The lowest BCUT2D eigenvalue weighted by atomic mass is 9.48. The lowest BCUT2D eigenvalue weighted by Crippen LogP contribution is -2.54. The molecule has 0 saturated carbocycles. The number of carbonyl (C=O) groups excluding carboxylic acids is 1. The zero-order valence-corrected chi connectivity index (χ0v) is 21.7. The van der Waals surface area contributed by atoms with E-state index in [0.29, 0.717) is 23.3 Å². The first kappa shape index (κ1) is 25.2. The summed E-state index contributed by atoms with van der Waals surface area (Å²) in [6.45, 7) is 1.36. The smallest absolute Gasteiger partial charge is 0.387 e. The van der Waals surface area contributed by atoms with Gasteiger partial charge in [-0.15, -0.1) is 0 Å². The fourth-order valence-corrected chi connectivity index (χ4v) is 6.43. The monoisotopic (exact) mass is 521 g/mol. The van der Waals surface area contributed by atoms with Crippen molar-refractivity contribution in [3.63, 3.8) is 0 Å². The van der Waals surface area contributed by atoms with Gasteiger partial charge in [-0.1, -0.05) is 49.6 Å². The Bertz CT molecular complexity index is 1570. The van der Waals surface area contributed by atoms with E-state index in [1.54, 1.807) is 6.07 Å². The Balaban J connectivity index is 1.57. The predicted molar refractivity (Wildman–Crippen MR) is 148 cm³/mol. The highest BCUT2D eigenvalue weighted by molar-refractivity contribution is 7.64. The molecular formula is C27H21B3F2N3O2P. The number of carbonyl (C=O) groups is 1. The van der Waals surface area contributed by atoms with Crippen molar-refractivity contribution < 1.29 is 18.3 Å². The van der Waals surface area contributed by atoms with Crippen LogP contribution < -0.4 is 10.0 Å². The van der Waals surface area contributed by atoms with Crippen molar-refractivity contribution in [2.75, 3.05) is 13.3 Å². The van der Waals surface area contributed by atoms with E-state index in [4.69, 9.17) is 33.3 Å². The van der Waals surface area contributed by atoms with Gasteiger partial charge in [0.25, 0.3) is 5.91 Å². The number of ether oxygens (including phenoxy) is 1. The van der Waals surface area contributed by atoms with Crippen LogP contribution in [0.4, 0.5) is 8.78 Å². The molecule has 1 amide bonds. The van der Waals surface area contributed by atoms with Gasteiger partial charge < -0.3 is 14.2 Å². The predicted octanol–water partition coefficient (Wildman–Crippen LogP) is 4.28. The molecule has 6 rings (SSSR count). The quantitative estimate of drug-likeness (QED) is 0.292. The molecule has 2 aliphatic rings. The number of hydrogen-bond acceptors (Lipinski definition) is 3. The van der Waals surface area contributed by atoms with Crippen molar-refractivity contribution in [1.29, 1.82) is 0 Å². The van der Waals surface area contributed by atoms with Crippen LogP contribution in [-0.4, -0.2) is 69.1 Å². The first-order chi connectivity index (χ1) is 18.0. The number of aromatic nitrogens is 2. The third-order valence-electron chi connectivity index (χ3n) is 7.28. The van der Waals surface area contributed by atoms with Gasteiger partial charge in [0, 0.05) is 17.5 Å². The molecule has 4 aromatic rings. The van der Waals surface area contributed by atoms with Crippen molar-refractivity contribution in [3.05, 3.63) is 77.6 Å². The summed E-state index contributed by atoms with van der Waals surface area (Å²) in [7, 11) is 18.1. The fraction of sp³-hybridized carbons (Fsp3) is 0.259. The summed E-state index contributed by atoms with van der Waals surface area (Å²) in [6.07, 6.45) is 0.309. The van der Waals surface area contributed by atoms with Gasteiger partial charge in [-0.2, -0.15) is 8.78 Å². The number of nitrogens with zero attached hydrogens (tertiary/aromatic N) is 3. The second-order valence-electron chi connectivity index (χ2n) is 9.91. The molecule has 0 spiro atoms. The van der Waals surface area contributed by atoms with E-state index in [-0.39, 0.29) is 19.2 Å². The van der Waals surface area contributed by atoms with Crippen LogP contribution in [0.3, 0.4) is 0 Å². The molecule has 3 aromatic carbocycles. The second-order valence-corrected chi connectivity index (χ2v) is 12.2. The van der Waals surface area contributed by atoms with Gasteiger partial charge in [-0.3, -0.25) is 4.79 Å². The minimum atomic E-state index is -3.06. The van der Waals surface area contributed by atoms with Crippen molar-refractivity contribution in [3.8, 4) is 16.9 Å². The molecule has 0 saturated heterocycles. The summed E-state index contributed by atoms with van der Waals surface area (Å²) in [5, 5.41) is -0.701. The van der Waals surface area contributed by atoms with E-state index in [9.17, 15) is 13.6 Å². The highest BCUT2D eigenvalue weighted by Gasteiger charge is 2.48. The SMILES string of the molecule is [B]C([B])([B])N1C(=O)c2cccc(OC(F)F)c2C2CC1c1nc3ccc(-c4ccc(P(C)C)cc4)cc3n12. The van der Waals surface area contributed by atoms with Crippen LogP contribution in [0.15, 0.2) is 60.7 Å². The normalized spacial score (nSPS) is 18.7. The number of alkyl halides is 2. The molecule has 1 aromatic heterocycles. The van der Waals surface area contributed by atoms with Crippen LogP contribution in [0.5, 0.6) is 5.75 Å². The average molecular weight is 521 g/mol. The highest BCUT2D eigenvalue weighted by Crippen LogP contribution is 2.51. The van der Waals surface area contributed by atoms with Crippen molar-refractivity contribution >= 4 is 53.7 Å². The van der Waals surface area contributed by atoms with Gasteiger partial charge in [0.2, 0.25) is 0 Å². The molecular weight excluding hydrogens is 500 g/mol. The molecule has 38 heavy (non-hydrogen) atoms. The average Bonchev–Trinajstić information content (AvgIpc) is 3.36. The zero-order valence-electron chi connectivity index (χ0n) is 20.8. The number of amides is 1. The number of imidazole rings is 1. The minimum absolute atomic E-state index is 0.0785. The van der Waals surface area contributed by atoms with E-state index in [0.717, 1.165) is 16.6 Å².